The van der Waals surface area contributed by atoms with Crippen molar-refractivity contribution in [1.29, 1.82) is 0 Å². The normalized spacial score (nSPS) is 10.7. The monoisotopic (exact) mass is 248 g/mol. The van der Waals surface area contributed by atoms with Gasteiger partial charge in [-0.2, -0.15) is 0 Å². The fraction of sp³-hybridized carbons (Fsp3) is 0.533. The van der Waals surface area contributed by atoms with Gasteiger partial charge < -0.3 is 10.6 Å². The molecular weight excluding hydrogens is 224 g/mol. The lowest BCUT2D eigenvalue weighted by Gasteiger charge is -2.09. The molecule has 3 nitrogen and oxygen atoms in total. The maximum Gasteiger partial charge on any atom is 0.238 e. The zero-order chi connectivity index (χ0) is 13.4. The third-order valence-electron chi connectivity index (χ3n) is 2.84. The molecule has 1 aromatic rings. The van der Waals surface area contributed by atoms with Gasteiger partial charge in [0.25, 0.3) is 0 Å². The molecule has 0 saturated heterocycles. The van der Waals surface area contributed by atoms with Gasteiger partial charge in [-0.25, -0.2) is 0 Å². The Morgan fingerprint density at radius 3 is 2.67 bits per heavy atom. The smallest absolute Gasteiger partial charge is 0.238 e. The van der Waals surface area contributed by atoms with E-state index < -0.39 is 0 Å². The van der Waals surface area contributed by atoms with Crippen molar-refractivity contribution in [2.24, 2.45) is 5.92 Å². The number of carbonyl (C=O) groups is 1. The van der Waals surface area contributed by atoms with Crippen LogP contribution in [0.25, 0.3) is 0 Å². The highest BCUT2D eigenvalue weighted by Gasteiger charge is 2.03. The van der Waals surface area contributed by atoms with E-state index in [1.165, 1.54) is 6.42 Å². The molecule has 0 heterocycles. The molecule has 0 spiro atoms. The van der Waals surface area contributed by atoms with Crippen molar-refractivity contribution in [1.82, 2.24) is 5.32 Å². The summed E-state index contributed by atoms with van der Waals surface area (Å²) in [7, 11) is 0. The van der Waals surface area contributed by atoms with Crippen molar-refractivity contribution in [3.63, 3.8) is 0 Å². The summed E-state index contributed by atoms with van der Waals surface area (Å²) >= 11 is 0. The second kappa shape index (κ2) is 7.88. The van der Waals surface area contributed by atoms with Gasteiger partial charge in [0.05, 0.1) is 6.54 Å². The molecule has 1 rings (SSSR count). The third kappa shape index (κ3) is 5.82. The first-order valence-corrected chi connectivity index (χ1v) is 6.66. The molecule has 0 radical (unpaired) electrons. The highest BCUT2D eigenvalue weighted by molar-refractivity contribution is 5.92. The molecule has 0 saturated carbocycles. The first kappa shape index (κ1) is 14.7. The average Bonchev–Trinajstić information content (AvgIpc) is 2.31. The van der Waals surface area contributed by atoms with Gasteiger partial charge in [-0.15, -0.1) is 0 Å². The van der Waals surface area contributed by atoms with Crippen molar-refractivity contribution >= 4 is 11.6 Å². The number of nitrogens with one attached hydrogen (secondary N) is 2. The Balaban J connectivity index is 2.20. The van der Waals surface area contributed by atoms with E-state index >= 15 is 0 Å². The minimum atomic E-state index is 0.0221. The molecule has 0 aliphatic carbocycles. The Kier molecular flexibility index (Phi) is 6.44. The van der Waals surface area contributed by atoms with Crippen LogP contribution in [0.3, 0.4) is 0 Å². The quantitative estimate of drug-likeness (QED) is 0.728. The van der Waals surface area contributed by atoms with E-state index in [2.05, 4.69) is 24.5 Å². The molecule has 1 amide bonds. The zero-order valence-corrected chi connectivity index (χ0v) is 11.6. The number of anilines is 1. The topological polar surface area (TPSA) is 41.1 Å². The van der Waals surface area contributed by atoms with Gasteiger partial charge in [0.15, 0.2) is 0 Å². The van der Waals surface area contributed by atoms with E-state index in [1.807, 2.05) is 31.2 Å². The number of aryl methyl sites for hydroxylation is 1. The van der Waals surface area contributed by atoms with Crippen LogP contribution < -0.4 is 10.6 Å². The van der Waals surface area contributed by atoms with E-state index in [1.54, 1.807) is 0 Å². The van der Waals surface area contributed by atoms with Gasteiger partial charge in [0, 0.05) is 5.69 Å². The summed E-state index contributed by atoms with van der Waals surface area (Å²) < 4.78 is 0. The molecule has 1 aromatic carbocycles. The third-order valence-corrected chi connectivity index (χ3v) is 2.84. The van der Waals surface area contributed by atoms with Gasteiger partial charge in [-0.05, 0) is 43.9 Å². The molecule has 0 aliphatic rings. The first-order chi connectivity index (χ1) is 8.59. The van der Waals surface area contributed by atoms with E-state index in [-0.39, 0.29) is 5.91 Å². The summed E-state index contributed by atoms with van der Waals surface area (Å²) in [6.45, 7) is 7.70. The summed E-state index contributed by atoms with van der Waals surface area (Å²) in [5, 5.41) is 6.08. The standard InChI is InChI=1S/C15H24N2O/c1-12(2)7-6-10-16-11-15(18)17-14-9-5-4-8-13(14)3/h4-5,8-9,12,16H,6-7,10-11H2,1-3H3,(H,17,18). The molecule has 0 aromatic heterocycles. The second-order valence-electron chi connectivity index (χ2n) is 5.08. The van der Waals surface area contributed by atoms with E-state index in [4.69, 9.17) is 0 Å². The van der Waals surface area contributed by atoms with Gasteiger partial charge in [0.1, 0.15) is 0 Å². The fourth-order valence-corrected chi connectivity index (χ4v) is 1.74. The van der Waals surface area contributed by atoms with Crippen LogP contribution in [0.1, 0.15) is 32.3 Å². The maximum atomic E-state index is 11.7. The van der Waals surface area contributed by atoms with E-state index in [9.17, 15) is 4.79 Å². The van der Waals surface area contributed by atoms with Crippen molar-refractivity contribution in [2.75, 3.05) is 18.4 Å². The molecule has 2 N–H and O–H groups in total. The molecule has 0 unspecified atom stereocenters. The van der Waals surface area contributed by atoms with Crippen molar-refractivity contribution in [2.45, 2.75) is 33.6 Å². The molecule has 0 fully saturated rings. The Hall–Kier alpha value is -1.35. The second-order valence-corrected chi connectivity index (χ2v) is 5.08. The van der Waals surface area contributed by atoms with Crippen molar-refractivity contribution in [3.8, 4) is 0 Å². The molecular formula is C15H24N2O. The summed E-state index contributed by atoms with van der Waals surface area (Å²) in [5.74, 6) is 0.751. The number of para-hydroxylation sites is 1. The van der Waals surface area contributed by atoms with Crippen molar-refractivity contribution in [3.05, 3.63) is 29.8 Å². The van der Waals surface area contributed by atoms with Crippen LogP contribution in [0.5, 0.6) is 0 Å². The van der Waals surface area contributed by atoms with Crippen LogP contribution in [-0.4, -0.2) is 19.0 Å². The van der Waals surface area contributed by atoms with Crippen LogP contribution in [-0.2, 0) is 4.79 Å². The largest absolute Gasteiger partial charge is 0.325 e. The lowest BCUT2D eigenvalue weighted by Crippen LogP contribution is -2.29. The van der Waals surface area contributed by atoms with Gasteiger partial charge in [-0.1, -0.05) is 32.0 Å². The molecule has 0 aliphatic heterocycles. The zero-order valence-electron chi connectivity index (χ0n) is 11.6. The molecule has 100 valence electrons. The highest BCUT2D eigenvalue weighted by Crippen LogP contribution is 2.12. The fourth-order valence-electron chi connectivity index (χ4n) is 1.74. The van der Waals surface area contributed by atoms with E-state index in [0.29, 0.717) is 6.54 Å². The van der Waals surface area contributed by atoms with Gasteiger partial charge in [-0.3, -0.25) is 4.79 Å². The van der Waals surface area contributed by atoms with Crippen LogP contribution in [0.15, 0.2) is 24.3 Å². The molecule has 0 atom stereocenters. The average molecular weight is 248 g/mol. The SMILES string of the molecule is Cc1ccccc1NC(=O)CNCCCC(C)C. The first-order valence-electron chi connectivity index (χ1n) is 6.66. The summed E-state index contributed by atoms with van der Waals surface area (Å²) in [4.78, 5) is 11.7. The van der Waals surface area contributed by atoms with Crippen molar-refractivity contribution < 1.29 is 4.79 Å². The maximum absolute atomic E-state index is 11.7. The minimum Gasteiger partial charge on any atom is -0.325 e. The minimum absolute atomic E-state index is 0.0221. The predicted octanol–water partition coefficient (Wildman–Crippen LogP) is 2.96. The predicted molar refractivity (Wildman–Crippen MR) is 76.8 cm³/mol. The Morgan fingerprint density at radius 2 is 2.00 bits per heavy atom. The van der Waals surface area contributed by atoms with Crippen LogP contribution in [0.2, 0.25) is 0 Å². The van der Waals surface area contributed by atoms with E-state index in [0.717, 1.165) is 30.1 Å². The molecule has 0 bridgehead atoms. The summed E-state index contributed by atoms with van der Waals surface area (Å²) in [6, 6.07) is 7.81. The highest BCUT2D eigenvalue weighted by atomic mass is 16.1. The Bertz CT molecular complexity index is 375. The van der Waals surface area contributed by atoms with Crippen LogP contribution in [0, 0.1) is 12.8 Å². The van der Waals surface area contributed by atoms with Gasteiger partial charge >= 0.3 is 0 Å². The lowest BCUT2D eigenvalue weighted by atomic mass is 10.1. The lowest BCUT2D eigenvalue weighted by molar-refractivity contribution is -0.115. The van der Waals surface area contributed by atoms with Gasteiger partial charge in [0.2, 0.25) is 5.91 Å². The Labute approximate surface area is 110 Å². The number of hydrogen-bond acceptors (Lipinski definition) is 2. The number of carbonyl (C=O) groups excluding carboxylic acids is 1. The number of benzene rings is 1. The molecule has 3 heteroatoms. The van der Waals surface area contributed by atoms with Crippen LogP contribution in [0.4, 0.5) is 5.69 Å². The number of hydrogen-bond donors (Lipinski definition) is 2. The molecule has 18 heavy (non-hydrogen) atoms. The number of amides is 1. The van der Waals surface area contributed by atoms with Crippen LogP contribution >= 0.6 is 0 Å². The Morgan fingerprint density at radius 1 is 1.28 bits per heavy atom. The summed E-state index contributed by atoms with van der Waals surface area (Å²) in [6.07, 6.45) is 2.32. The summed E-state index contributed by atoms with van der Waals surface area (Å²) in [5.41, 5.74) is 1.98. The number of rotatable bonds is 7.